The molecular formula is C49H41N. The van der Waals surface area contributed by atoms with Crippen LogP contribution in [0.25, 0.3) is 44.5 Å². The Morgan fingerprint density at radius 1 is 0.360 bits per heavy atom. The summed E-state index contributed by atoms with van der Waals surface area (Å²) in [6.07, 6.45) is 0. The standard InChI is InChI=1S/C49H41N/c1-32-28-39(29-46-47(32)42-31-44-41(30-45(42)49(46,4)5)40-18-12-13-19-43(40)48(44,2)3)50(37-24-20-35(21-25-37)33-14-8-6-9-15-33)38-26-22-36(23-27-38)34-16-10-7-11-17-34/h6-31H,1-5H3. The predicted octanol–water partition coefficient (Wildman–Crippen LogP) is 13.4. The molecule has 0 spiro atoms. The Bertz CT molecular complexity index is 2310. The number of rotatable bonds is 5. The third-order valence-electron chi connectivity index (χ3n) is 11.4. The first-order chi connectivity index (χ1) is 24.2. The van der Waals surface area contributed by atoms with E-state index in [0.29, 0.717) is 0 Å². The third kappa shape index (κ3) is 4.61. The highest BCUT2D eigenvalue weighted by atomic mass is 15.1. The summed E-state index contributed by atoms with van der Waals surface area (Å²) in [5, 5.41) is 0. The molecule has 0 radical (unpaired) electrons. The number of anilines is 3. The van der Waals surface area contributed by atoms with Gasteiger partial charge in [-0.3, -0.25) is 0 Å². The minimum Gasteiger partial charge on any atom is -0.310 e. The van der Waals surface area contributed by atoms with Crippen molar-refractivity contribution in [1.29, 1.82) is 0 Å². The monoisotopic (exact) mass is 643 g/mol. The van der Waals surface area contributed by atoms with Gasteiger partial charge in [-0.25, -0.2) is 0 Å². The van der Waals surface area contributed by atoms with Gasteiger partial charge in [-0.1, -0.05) is 137 Å². The largest absolute Gasteiger partial charge is 0.310 e. The number of hydrogen-bond acceptors (Lipinski definition) is 1. The van der Waals surface area contributed by atoms with Crippen LogP contribution in [0.15, 0.2) is 158 Å². The molecule has 1 nitrogen and oxygen atoms in total. The van der Waals surface area contributed by atoms with E-state index in [1.807, 2.05) is 0 Å². The summed E-state index contributed by atoms with van der Waals surface area (Å²) >= 11 is 0. The van der Waals surface area contributed by atoms with Crippen LogP contribution in [-0.2, 0) is 10.8 Å². The SMILES string of the molecule is Cc1cc(N(c2ccc(-c3ccccc3)cc2)c2ccc(-c3ccccc3)cc2)cc2c1-c1cc3c(cc1C2(C)C)-c1ccccc1C3(C)C. The zero-order valence-corrected chi connectivity index (χ0v) is 29.5. The molecule has 0 aromatic heterocycles. The third-order valence-corrected chi connectivity index (χ3v) is 11.4. The Morgan fingerprint density at radius 2 is 0.820 bits per heavy atom. The van der Waals surface area contributed by atoms with Crippen molar-refractivity contribution < 1.29 is 0 Å². The number of hydrogen-bond donors (Lipinski definition) is 0. The molecule has 7 aromatic rings. The van der Waals surface area contributed by atoms with Crippen molar-refractivity contribution in [2.45, 2.75) is 45.4 Å². The molecule has 242 valence electrons. The molecule has 0 fully saturated rings. The molecule has 2 aliphatic carbocycles. The first-order valence-corrected chi connectivity index (χ1v) is 17.8. The molecule has 0 saturated carbocycles. The van der Waals surface area contributed by atoms with Crippen LogP contribution in [0.2, 0.25) is 0 Å². The molecule has 50 heavy (non-hydrogen) atoms. The van der Waals surface area contributed by atoms with E-state index < -0.39 is 0 Å². The van der Waals surface area contributed by atoms with Crippen molar-refractivity contribution >= 4 is 17.1 Å². The summed E-state index contributed by atoms with van der Waals surface area (Å²) in [5.41, 5.74) is 20.7. The summed E-state index contributed by atoms with van der Waals surface area (Å²) in [4.78, 5) is 2.43. The van der Waals surface area contributed by atoms with Crippen LogP contribution in [0.1, 0.15) is 55.5 Å². The highest BCUT2D eigenvalue weighted by molar-refractivity contribution is 5.92. The summed E-state index contributed by atoms with van der Waals surface area (Å²) in [5.74, 6) is 0. The number of benzene rings is 7. The van der Waals surface area contributed by atoms with E-state index in [0.717, 1.165) is 11.4 Å². The summed E-state index contributed by atoms with van der Waals surface area (Å²) in [6, 6.07) is 58.2. The lowest BCUT2D eigenvalue weighted by atomic mass is 9.79. The van der Waals surface area contributed by atoms with E-state index in [1.165, 1.54) is 78.0 Å². The summed E-state index contributed by atoms with van der Waals surface area (Å²) < 4.78 is 0. The number of fused-ring (bicyclic) bond motifs is 6. The minimum atomic E-state index is -0.151. The smallest absolute Gasteiger partial charge is 0.0467 e. The van der Waals surface area contributed by atoms with Gasteiger partial charge in [0.1, 0.15) is 0 Å². The molecule has 7 aromatic carbocycles. The Hall–Kier alpha value is -5.66. The molecule has 0 unspecified atom stereocenters. The second-order valence-corrected chi connectivity index (χ2v) is 15.1. The van der Waals surface area contributed by atoms with Crippen LogP contribution < -0.4 is 4.90 Å². The number of nitrogens with zero attached hydrogens (tertiary/aromatic N) is 1. The van der Waals surface area contributed by atoms with Gasteiger partial charge in [0.15, 0.2) is 0 Å². The van der Waals surface area contributed by atoms with Gasteiger partial charge in [-0.2, -0.15) is 0 Å². The van der Waals surface area contributed by atoms with E-state index in [1.54, 1.807) is 0 Å². The van der Waals surface area contributed by atoms with Gasteiger partial charge in [0.2, 0.25) is 0 Å². The topological polar surface area (TPSA) is 3.24 Å². The lowest BCUT2D eigenvalue weighted by Crippen LogP contribution is -2.17. The van der Waals surface area contributed by atoms with Gasteiger partial charge in [0.25, 0.3) is 0 Å². The van der Waals surface area contributed by atoms with Gasteiger partial charge in [-0.05, 0) is 128 Å². The molecule has 0 aliphatic heterocycles. The van der Waals surface area contributed by atoms with E-state index in [-0.39, 0.29) is 10.8 Å². The molecule has 9 rings (SSSR count). The normalized spacial score (nSPS) is 14.4. The van der Waals surface area contributed by atoms with Gasteiger partial charge in [0, 0.05) is 27.9 Å². The van der Waals surface area contributed by atoms with Crippen LogP contribution in [0.3, 0.4) is 0 Å². The van der Waals surface area contributed by atoms with E-state index in [9.17, 15) is 0 Å². The van der Waals surface area contributed by atoms with Crippen LogP contribution >= 0.6 is 0 Å². The molecule has 0 amide bonds. The van der Waals surface area contributed by atoms with Crippen molar-refractivity contribution in [3.63, 3.8) is 0 Å². The zero-order valence-electron chi connectivity index (χ0n) is 29.5. The highest BCUT2D eigenvalue weighted by Gasteiger charge is 2.42. The fraction of sp³-hybridized carbons (Fsp3) is 0.143. The highest BCUT2D eigenvalue weighted by Crippen LogP contribution is 2.57. The minimum absolute atomic E-state index is 0.0314. The molecule has 1 heteroatoms. The van der Waals surface area contributed by atoms with Crippen LogP contribution in [0, 0.1) is 6.92 Å². The first-order valence-electron chi connectivity index (χ1n) is 17.8. The average Bonchev–Trinajstić information content (AvgIpc) is 3.51. The predicted molar refractivity (Wildman–Crippen MR) is 212 cm³/mol. The van der Waals surface area contributed by atoms with Crippen LogP contribution in [-0.4, -0.2) is 0 Å². The Labute approximate surface area is 296 Å². The maximum Gasteiger partial charge on any atom is 0.0467 e. The van der Waals surface area contributed by atoms with Crippen molar-refractivity contribution in [2.75, 3.05) is 4.90 Å². The lowest BCUT2D eigenvalue weighted by molar-refractivity contribution is 0.652. The fourth-order valence-electron chi connectivity index (χ4n) is 8.68. The molecule has 0 bridgehead atoms. The Morgan fingerprint density at radius 3 is 1.40 bits per heavy atom. The second kappa shape index (κ2) is 11.2. The molecule has 0 heterocycles. The van der Waals surface area contributed by atoms with Crippen molar-refractivity contribution in [3.05, 3.63) is 186 Å². The molecular weight excluding hydrogens is 603 g/mol. The van der Waals surface area contributed by atoms with E-state index in [4.69, 9.17) is 0 Å². The van der Waals surface area contributed by atoms with Gasteiger partial charge in [-0.15, -0.1) is 0 Å². The van der Waals surface area contributed by atoms with Gasteiger partial charge in [0.05, 0.1) is 0 Å². The molecule has 0 atom stereocenters. The second-order valence-electron chi connectivity index (χ2n) is 15.1. The van der Waals surface area contributed by atoms with Crippen molar-refractivity contribution in [2.24, 2.45) is 0 Å². The summed E-state index contributed by atoms with van der Waals surface area (Å²) in [7, 11) is 0. The molecule has 0 N–H and O–H groups in total. The fourth-order valence-corrected chi connectivity index (χ4v) is 8.68. The van der Waals surface area contributed by atoms with Crippen molar-refractivity contribution in [3.8, 4) is 44.5 Å². The zero-order chi connectivity index (χ0) is 34.2. The Kier molecular flexibility index (Phi) is 6.80. The van der Waals surface area contributed by atoms with Crippen molar-refractivity contribution in [1.82, 2.24) is 0 Å². The molecule has 0 saturated heterocycles. The lowest BCUT2D eigenvalue weighted by Gasteiger charge is -2.29. The van der Waals surface area contributed by atoms with Crippen LogP contribution in [0.4, 0.5) is 17.1 Å². The van der Waals surface area contributed by atoms with Gasteiger partial charge >= 0.3 is 0 Å². The van der Waals surface area contributed by atoms with Gasteiger partial charge < -0.3 is 4.90 Å². The maximum absolute atomic E-state index is 2.52. The quantitative estimate of drug-likeness (QED) is 0.180. The summed E-state index contributed by atoms with van der Waals surface area (Å²) in [6.45, 7) is 11.9. The van der Waals surface area contributed by atoms with E-state index in [2.05, 4.69) is 197 Å². The number of aryl methyl sites for hydroxylation is 1. The Balaban J connectivity index is 1.19. The average molecular weight is 644 g/mol. The first kappa shape index (κ1) is 30.4. The van der Waals surface area contributed by atoms with E-state index >= 15 is 0 Å². The maximum atomic E-state index is 2.52. The molecule has 2 aliphatic rings. The van der Waals surface area contributed by atoms with Crippen LogP contribution in [0.5, 0.6) is 0 Å².